The number of ether oxygens (including phenoxy) is 2. The van der Waals surface area contributed by atoms with Gasteiger partial charge in [-0.1, -0.05) is 72.8 Å². The summed E-state index contributed by atoms with van der Waals surface area (Å²) in [6, 6.07) is 20.5. The topological polar surface area (TPSA) is 41.8 Å². The lowest BCUT2D eigenvalue weighted by atomic mass is 10.2. The molecule has 1 aliphatic rings. The lowest BCUT2D eigenvalue weighted by molar-refractivity contribution is -0.132. The van der Waals surface area contributed by atoms with Crippen LogP contribution in [0, 0.1) is 0 Å². The molecule has 5 heteroatoms. The standard InChI is InChI=1S/C25H32N2O3/c1-29-24(30-2)16-10-5-11-17-26(18-21-12-6-3-7-13-21)25(28)23-20-27(23)19-22-14-8-4-9-15-22/h3-10,12-15,23-24H,11,16-20H2,1-2H3/b10-5-. The third-order valence-corrected chi connectivity index (χ3v) is 5.34. The van der Waals surface area contributed by atoms with Crippen LogP contribution in [0.4, 0.5) is 0 Å². The van der Waals surface area contributed by atoms with Crippen LogP contribution in [0.5, 0.6) is 0 Å². The quantitative estimate of drug-likeness (QED) is 0.304. The van der Waals surface area contributed by atoms with Gasteiger partial charge in [0, 0.05) is 46.8 Å². The van der Waals surface area contributed by atoms with E-state index in [1.54, 1.807) is 14.2 Å². The van der Waals surface area contributed by atoms with E-state index in [1.165, 1.54) is 5.56 Å². The summed E-state index contributed by atoms with van der Waals surface area (Å²) in [6.45, 7) is 3.00. The summed E-state index contributed by atoms with van der Waals surface area (Å²) in [5, 5.41) is 0. The first-order valence-electron chi connectivity index (χ1n) is 10.5. The Bertz CT molecular complexity index is 791. The number of carbonyl (C=O) groups excluding carboxylic acids is 1. The normalized spacial score (nSPS) is 18.1. The number of amides is 1. The van der Waals surface area contributed by atoms with Gasteiger partial charge >= 0.3 is 0 Å². The summed E-state index contributed by atoms with van der Waals surface area (Å²) in [5.41, 5.74) is 2.40. The smallest absolute Gasteiger partial charge is 0.241 e. The zero-order valence-electron chi connectivity index (χ0n) is 17.9. The molecule has 1 amide bonds. The number of hydrogen-bond acceptors (Lipinski definition) is 4. The van der Waals surface area contributed by atoms with Crippen molar-refractivity contribution < 1.29 is 14.3 Å². The highest BCUT2D eigenvalue weighted by atomic mass is 16.7. The molecule has 0 saturated carbocycles. The number of benzene rings is 2. The molecular formula is C25H32N2O3. The van der Waals surface area contributed by atoms with Gasteiger partial charge < -0.3 is 14.4 Å². The molecule has 1 aliphatic heterocycles. The van der Waals surface area contributed by atoms with Crippen molar-refractivity contribution in [2.24, 2.45) is 0 Å². The predicted octanol–water partition coefficient (Wildman–Crippen LogP) is 3.85. The zero-order valence-corrected chi connectivity index (χ0v) is 17.9. The molecule has 0 aliphatic carbocycles. The molecule has 0 N–H and O–H groups in total. The first-order chi connectivity index (χ1) is 14.7. The zero-order chi connectivity index (χ0) is 21.2. The summed E-state index contributed by atoms with van der Waals surface area (Å²) < 4.78 is 10.4. The highest BCUT2D eigenvalue weighted by molar-refractivity contribution is 5.84. The molecule has 1 saturated heterocycles. The average Bonchev–Trinajstić information content (AvgIpc) is 3.55. The van der Waals surface area contributed by atoms with E-state index in [9.17, 15) is 4.79 Å². The van der Waals surface area contributed by atoms with Gasteiger partial charge in [-0.3, -0.25) is 9.69 Å². The minimum atomic E-state index is -0.221. The predicted molar refractivity (Wildman–Crippen MR) is 119 cm³/mol. The Kier molecular flexibility index (Phi) is 8.63. The molecule has 0 spiro atoms. The molecular weight excluding hydrogens is 376 g/mol. The van der Waals surface area contributed by atoms with Crippen LogP contribution < -0.4 is 0 Å². The minimum absolute atomic E-state index is 0.00994. The van der Waals surface area contributed by atoms with E-state index in [0.717, 1.165) is 25.1 Å². The SMILES string of the molecule is COC(C/C=C\CCN(Cc1ccccc1)C(=O)C1CN1Cc1ccccc1)OC. The van der Waals surface area contributed by atoms with E-state index in [2.05, 4.69) is 41.3 Å². The summed E-state index contributed by atoms with van der Waals surface area (Å²) in [4.78, 5) is 17.4. The van der Waals surface area contributed by atoms with Gasteiger partial charge in [-0.15, -0.1) is 0 Å². The molecule has 2 aromatic rings. The molecule has 2 unspecified atom stereocenters. The molecule has 0 aromatic heterocycles. The van der Waals surface area contributed by atoms with Crippen LogP contribution in [0.3, 0.4) is 0 Å². The van der Waals surface area contributed by atoms with Crippen molar-refractivity contribution in [3.63, 3.8) is 0 Å². The maximum Gasteiger partial charge on any atom is 0.241 e. The molecule has 0 bridgehead atoms. The van der Waals surface area contributed by atoms with Gasteiger partial charge in [-0.25, -0.2) is 0 Å². The monoisotopic (exact) mass is 408 g/mol. The second-order valence-electron chi connectivity index (χ2n) is 7.57. The Morgan fingerprint density at radius 1 is 1.03 bits per heavy atom. The molecule has 2 aromatic carbocycles. The van der Waals surface area contributed by atoms with E-state index < -0.39 is 0 Å². The van der Waals surface area contributed by atoms with E-state index in [0.29, 0.717) is 19.5 Å². The van der Waals surface area contributed by atoms with Gasteiger partial charge in [0.15, 0.2) is 6.29 Å². The van der Waals surface area contributed by atoms with Crippen LogP contribution in [0.15, 0.2) is 72.8 Å². The molecule has 5 nitrogen and oxygen atoms in total. The highest BCUT2D eigenvalue weighted by Gasteiger charge is 2.42. The lowest BCUT2D eigenvalue weighted by Gasteiger charge is -2.22. The molecule has 160 valence electrons. The van der Waals surface area contributed by atoms with Crippen LogP contribution in [-0.4, -0.2) is 55.3 Å². The largest absolute Gasteiger partial charge is 0.356 e. The summed E-state index contributed by atoms with van der Waals surface area (Å²) in [5.74, 6) is 0.217. The Morgan fingerprint density at radius 2 is 1.67 bits per heavy atom. The Labute approximate surface area is 179 Å². The summed E-state index contributed by atoms with van der Waals surface area (Å²) >= 11 is 0. The summed E-state index contributed by atoms with van der Waals surface area (Å²) in [7, 11) is 3.28. The Morgan fingerprint density at radius 3 is 2.30 bits per heavy atom. The number of nitrogens with zero attached hydrogens (tertiary/aromatic N) is 2. The fourth-order valence-corrected chi connectivity index (χ4v) is 3.53. The maximum atomic E-state index is 13.2. The van der Waals surface area contributed by atoms with E-state index in [1.807, 2.05) is 41.3 Å². The number of carbonyl (C=O) groups is 1. The molecule has 0 radical (unpaired) electrons. The number of methoxy groups -OCH3 is 2. The first kappa shape index (κ1) is 22.2. The van der Waals surface area contributed by atoms with Crippen molar-refractivity contribution in [3.05, 3.63) is 83.9 Å². The van der Waals surface area contributed by atoms with Crippen LogP contribution in [-0.2, 0) is 27.4 Å². The Balaban J connectivity index is 1.55. The third-order valence-electron chi connectivity index (χ3n) is 5.34. The second-order valence-corrected chi connectivity index (χ2v) is 7.57. The van der Waals surface area contributed by atoms with Crippen LogP contribution in [0.1, 0.15) is 24.0 Å². The molecule has 30 heavy (non-hydrogen) atoms. The third kappa shape index (κ3) is 6.80. The molecule has 3 rings (SSSR count). The van der Waals surface area contributed by atoms with Gasteiger partial charge in [0.1, 0.15) is 6.04 Å². The molecule has 1 fully saturated rings. The highest BCUT2D eigenvalue weighted by Crippen LogP contribution is 2.24. The maximum absolute atomic E-state index is 13.2. The number of hydrogen-bond donors (Lipinski definition) is 0. The molecule has 2 atom stereocenters. The molecule has 1 heterocycles. The van der Waals surface area contributed by atoms with Gasteiger partial charge in [-0.2, -0.15) is 0 Å². The fourth-order valence-electron chi connectivity index (χ4n) is 3.53. The van der Waals surface area contributed by atoms with Crippen LogP contribution in [0.25, 0.3) is 0 Å². The number of rotatable bonds is 12. The average molecular weight is 409 g/mol. The van der Waals surface area contributed by atoms with Crippen molar-refractivity contribution in [3.8, 4) is 0 Å². The lowest BCUT2D eigenvalue weighted by Crippen LogP contribution is -2.36. The van der Waals surface area contributed by atoms with Gasteiger partial charge in [0.2, 0.25) is 5.91 Å². The van der Waals surface area contributed by atoms with Gasteiger partial charge in [0.05, 0.1) is 0 Å². The van der Waals surface area contributed by atoms with Gasteiger partial charge in [0.25, 0.3) is 0 Å². The fraction of sp³-hybridized carbons (Fsp3) is 0.400. The van der Waals surface area contributed by atoms with E-state index >= 15 is 0 Å². The van der Waals surface area contributed by atoms with Crippen molar-refractivity contribution in [2.45, 2.75) is 38.3 Å². The van der Waals surface area contributed by atoms with Crippen molar-refractivity contribution in [2.75, 3.05) is 27.3 Å². The van der Waals surface area contributed by atoms with Crippen molar-refractivity contribution in [1.29, 1.82) is 0 Å². The van der Waals surface area contributed by atoms with Crippen molar-refractivity contribution in [1.82, 2.24) is 9.80 Å². The van der Waals surface area contributed by atoms with Crippen LogP contribution >= 0.6 is 0 Å². The van der Waals surface area contributed by atoms with E-state index in [-0.39, 0.29) is 18.2 Å². The minimum Gasteiger partial charge on any atom is -0.356 e. The second kappa shape index (κ2) is 11.6. The van der Waals surface area contributed by atoms with E-state index in [4.69, 9.17) is 9.47 Å². The summed E-state index contributed by atoms with van der Waals surface area (Å²) in [6.07, 6.45) is 5.45. The Hall–Kier alpha value is -2.47. The van der Waals surface area contributed by atoms with Gasteiger partial charge in [-0.05, 0) is 17.5 Å². The van der Waals surface area contributed by atoms with Crippen LogP contribution in [0.2, 0.25) is 0 Å². The first-order valence-corrected chi connectivity index (χ1v) is 10.5. The van der Waals surface area contributed by atoms with Crippen molar-refractivity contribution >= 4 is 5.91 Å².